The molecule has 0 spiro atoms. The van der Waals surface area contributed by atoms with Crippen LogP contribution in [0.2, 0.25) is 0 Å². The van der Waals surface area contributed by atoms with E-state index in [1.807, 2.05) is 20.8 Å². The molecule has 1 aliphatic heterocycles. The lowest BCUT2D eigenvalue weighted by Gasteiger charge is -2.18. The van der Waals surface area contributed by atoms with Crippen LogP contribution in [0.5, 0.6) is 0 Å². The third-order valence-electron chi connectivity index (χ3n) is 3.84. The number of hydrogen-bond donors (Lipinski definition) is 1. The Bertz CT molecular complexity index is 615. The average Bonchev–Trinajstić information content (AvgIpc) is 3.06. The summed E-state index contributed by atoms with van der Waals surface area (Å²) in [6.07, 6.45) is 2.35. The number of carbonyl (C=O) groups is 2. The first-order valence-electron chi connectivity index (χ1n) is 8.14. The Balaban J connectivity index is 1.86. The molecule has 0 aromatic heterocycles. The smallest absolute Gasteiger partial charge is 0.229 e. The topological polar surface area (TPSA) is 49.4 Å². The molecular weight excluding hydrogens is 340 g/mol. The molecule has 0 bridgehead atoms. The number of thiocarbonyl (C=S) groups is 1. The Morgan fingerprint density at radius 1 is 1.17 bits per heavy atom. The van der Waals surface area contributed by atoms with Crippen molar-refractivity contribution < 1.29 is 9.59 Å². The zero-order valence-corrected chi connectivity index (χ0v) is 16.1. The highest BCUT2D eigenvalue weighted by atomic mass is 32.2. The molecule has 1 fully saturated rings. The number of hydrogen-bond acceptors (Lipinski definition) is 4. The van der Waals surface area contributed by atoms with Crippen molar-refractivity contribution in [2.75, 3.05) is 24.2 Å². The molecule has 130 valence electrons. The summed E-state index contributed by atoms with van der Waals surface area (Å²) in [5.74, 6) is 0.353. The molecule has 0 aliphatic carbocycles. The Morgan fingerprint density at radius 2 is 1.75 bits per heavy atom. The van der Waals surface area contributed by atoms with Gasteiger partial charge in [0.05, 0.1) is 5.75 Å². The van der Waals surface area contributed by atoms with E-state index >= 15 is 0 Å². The van der Waals surface area contributed by atoms with E-state index in [0.29, 0.717) is 17.0 Å². The minimum absolute atomic E-state index is 0.0481. The Hall–Kier alpha value is -1.40. The van der Waals surface area contributed by atoms with E-state index in [2.05, 4.69) is 10.2 Å². The van der Waals surface area contributed by atoms with Crippen LogP contribution in [-0.2, 0) is 4.79 Å². The monoisotopic (exact) mass is 364 g/mol. The van der Waals surface area contributed by atoms with Gasteiger partial charge in [-0.2, -0.15) is 0 Å². The number of rotatable bonds is 4. The van der Waals surface area contributed by atoms with Gasteiger partial charge in [-0.1, -0.05) is 44.8 Å². The summed E-state index contributed by atoms with van der Waals surface area (Å²) in [4.78, 5) is 26.4. The molecule has 1 heterocycles. The highest BCUT2D eigenvalue weighted by molar-refractivity contribution is 8.23. The lowest BCUT2D eigenvalue weighted by atomic mass is 9.95. The molecule has 1 aromatic rings. The fourth-order valence-electron chi connectivity index (χ4n) is 2.26. The molecule has 24 heavy (non-hydrogen) atoms. The van der Waals surface area contributed by atoms with Crippen LogP contribution in [0.25, 0.3) is 0 Å². The normalized spacial score (nSPS) is 14.5. The highest BCUT2D eigenvalue weighted by Crippen LogP contribution is 2.20. The summed E-state index contributed by atoms with van der Waals surface area (Å²) >= 11 is 6.81. The third-order valence-corrected chi connectivity index (χ3v) is 5.36. The van der Waals surface area contributed by atoms with Gasteiger partial charge in [0.25, 0.3) is 0 Å². The number of carbonyl (C=O) groups excluding carboxylic acids is 2. The molecule has 0 radical (unpaired) electrons. The molecule has 0 unspecified atom stereocenters. The average molecular weight is 365 g/mol. The summed E-state index contributed by atoms with van der Waals surface area (Å²) in [7, 11) is 0. The first-order chi connectivity index (χ1) is 11.3. The molecule has 1 saturated heterocycles. The second kappa shape index (κ2) is 8.12. The van der Waals surface area contributed by atoms with E-state index in [-0.39, 0.29) is 11.7 Å². The predicted molar refractivity (Wildman–Crippen MR) is 105 cm³/mol. The molecule has 4 nitrogen and oxygen atoms in total. The van der Waals surface area contributed by atoms with Crippen LogP contribution in [0.15, 0.2) is 24.3 Å². The molecule has 2 rings (SSSR count). The van der Waals surface area contributed by atoms with Gasteiger partial charge in [-0.15, -0.1) is 0 Å². The van der Waals surface area contributed by atoms with Crippen LogP contribution >= 0.6 is 24.0 Å². The predicted octanol–water partition coefficient (Wildman–Crippen LogP) is 3.97. The van der Waals surface area contributed by atoms with Crippen molar-refractivity contribution in [3.05, 3.63) is 29.8 Å². The van der Waals surface area contributed by atoms with Gasteiger partial charge < -0.3 is 10.2 Å². The molecular formula is C18H24N2O2S2. The van der Waals surface area contributed by atoms with Gasteiger partial charge in [0.1, 0.15) is 4.32 Å². The molecule has 1 N–H and O–H groups in total. The lowest BCUT2D eigenvalue weighted by molar-refractivity contribution is -0.123. The summed E-state index contributed by atoms with van der Waals surface area (Å²) in [5.41, 5.74) is 0.892. The van der Waals surface area contributed by atoms with Crippen molar-refractivity contribution in [2.45, 2.75) is 33.6 Å². The van der Waals surface area contributed by atoms with Gasteiger partial charge in [-0.25, -0.2) is 0 Å². The standard InChI is InChI=1S/C18H24N2O2S2/c1-18(2,3)16(22)19-14-8-6-13(7-9-14)15(21)12-24-17(23)20-10-4-5-11-20/h6-9H,4-5,10-12H2,1-3H3,(H,19,22). The van der Waals surface area contributed by atoms with Gasteiger partial charge in [-0.05, 0) is 37.1 Å². The highest BCUT2D eigenvalue weighted by Gasteiger charge is 2.21. The fraction of sp³-hybridized carbons (Fsp3) is 0.500. The molecule has 0 atom stereocenters. The SMILES string of the molecule is CC(C)(C)C(=O)Nc1ccc(C(=O)CSC(=S)N2CCCC2)cc1. The van der Waals surface area contributed by atoms with Crippen molar-refractivity contribution in [2.24, 2.45) is 5.41 Å². The quantitative estimate of drug-likeness (QED) is 0.647. The number of likely N-dealkylation sites (tertiary alicyclic amines) is 1. The number of Topliss-reactive ketones (excluding diaryl/α,β-unsaturated/α-hetero) is 1. The zero-order valence-electron chi connectivity index (χ0n) is 14.4. The Kier molecular flexibility index (Phi) is 6.40. The van der Waals surface area contributed by atoms with E-state index < -0.39 is 5.41 Å². The number of thioether (sulfide) groups is 1. The maximum atomic E-state index is 12.3. The second-order valence-corrected chi connectivity index (χ2v) is 8.56. The number of amides is 1. The summed E-state index contributed by atoms with van der Waals surface area (Å²) < 4.78 is 0.815. The first-order valence-corrected chi connectivity index (χ1v) is 9.53. The minimum Gasteiger partial charge on any atom is -0.358 e. The first kappa shape index (κ1) is 18.9. The molecule has 1 aromatic carbocycles. The number of anilines is 1. The lowest BCUT2D eigenvalue weighted by Crippen LogP contribution is -2.27. The zero-order chi connectivity index (χ0) is 17.7. The summed E-state index contributed by atoms with van der Waals surface area (Å²) in [5, 5.41) is 2.85. The second-order valence-electron chi connectivity index (χ2n) is 6.95. The maximum Gasteiger partial charge on any atom is 0.229 e. The van der Waals surface area contributed by atoms with Crippen molar-refractivity contribution in [1.29, 1.82) is 0 Å². The van der Waals surface area contributed by atoms with E-state index in [4.69, 9.17) is 12.2 Å². The van der Waals surface area contributed by atoms with Crippen LogP contribution in [0.1, 0.15) is 44.0 Å². The van der Waals surface area contributed by atoms with Gasteiger partial charge in [0, 0.05) is 29.8 Å². The largest absolute Gasteiger partial charge is 0.358 e. The maximum absolute atomic E-state index is 12.3. The van der Waals surface area contributed by atoms with E-state index in [1.165, 1.54) is 24.6 Å². The van der Waals surface area contributed by atoms with Gasteiger partial charge in [0.2, 0.25) is 5.91 Å². The Morgan fingerprint density at radius 3 is 2.29 bits per heavy atom. The molecule has 1 amide bonds. The number of benzene rings is 1. The Labute approximate surface area is 153 Å². The van der Waals surface area contributed by atoms with E-state index in [1.54, 1.807) is 24.3 Å². The van der Waals surface area contributed by atoms with Crippen LogP contribution in [-0.4, -0.2) is 39.8 Å². The van der Waals surface area contributed by atoms with Gasteiger partial charge in [-0.3, -0.25) is 9.59 Å². The number of nitrogens with one attached hydrogen (secondary N) is 1. The number of ketones is 1. The van der Waals surface area contributed by atoms with Gasteiger partial charge >= 0.3 is 0 Å². The van der Waals surface area contributed by atoms with Crippen LogP contribution < -0.4 is 5.32 Å². The van der Waals surface area contributed by atoms with Crippen LogP contribution in [0.3, 0.4) is 0 Å². The fourth-order valence-corrected chi connectivity index (χ4v) is 3.41. The van der Waals surface area contributed by atoms with Crippen molar-refractivity contribution in [1.82, 2.24) is 4.90 Å². The molecule has 6 heteroatoms. The molecule has 0 saturated carbocycles. The third kappa shape index (κ3) is 5.31. The number of nitrogens with zero attached hydrogens (tertiary/aromatic N) is 1. The van der Waals surface area contributed by atoms with E-state index in [9.17, 15) is 9.59 Å². The van der Waals surface area contributed by atoms with E-state index in [0.717, 1.165) is 17.4 Å². The molecule has 1 aliphatic rings. The minimum atomic E-state index is -0.448. The van der Waals surface area contributed by atoms with Gasteiger partial charge in [0.15, 0.2) is 5.78 Å². The van der Waals surface area contributed by atoms with Crippen LogP contribution in [0, 0.1) is 5.41 Å². The van der Waals surface area contributed by atoms with Crippen LogP contribution in [0.4, 0.5) is 5.69 Å². The summed E-state index contributed by atoms with van der Waals surface area (Å²) in [6, 6.07) is 7.03. The van der Waals surface area contributed by atoms with Crippen molar-refractivity contribution in [3.8, 4) is 0 Å². The summed E-state index contributed by atoms with van der Waals surface area (Å²) in [6.45, 7) is 7.59. The van der Waals surface area contributed by atoms with Crippen molar-refractivity contribution in [3.63, 3.8) is 0 Å². The van der Waals surface area contributed by atoms with Crippen molar-refractivity contribution >= 4 is 45.7 Å².